The average molecular weight is 554 g/mol. The first-order valence-electron chi connectivity index (χ1n) is 12.2. The fourth-order valence-corrected chi connectivity index (χ4v) is 7.98. The molecular formula is C25H29F2N3O5S2. The summed E-state index contributed by atoms with van der Waals surface area (Å²) in [5.41, 5.74) is 2.04. The zero-order valence-corrected chi connectivity index (χ0v) is 21.8. The van der Waals surface area contributed by atoms with E-state index in [9.17, 15) is 30.4 Å². The number of carbonyl (C=O) groups excluding carboxylic acids is 1. The lowest BCUT2D eigenvalue weighted by Crippen LogP contribution is -2.42. The highest BCUT2D eigenvalue weighted by atomic mass is 32.2. The van der Waals surface area contributed by atoms with Gasteiger partial charge < -0.3 is 4.90 Å². The second kappa shape index (κ2) is 9.11. The summed E-state index contributed by atoms with van der Waals surface area (Å²) in [7, 11) is -7.76. The van der Waals surface area contributed by atoms with E-state index in [-0.39, 0.29) is 40.6 Å². The van der Waals surface area contributed by atoms with Crippen LogP contribution in [0.25, 0.3) is 0 Å². The average Bonchev–Trinajstić information content (AvgIpc) is 3.43. The third-order valence-corrected chi connectivity index (χ3v) is 10.4. The topological polar surface area (TPSA) is 118 Å². The molecule has 8 nitrogen and oxygen atoms in total. The van der Waals surface area contributed by atoms with Crippen molar-refractivity contribution >= 4 is 31.6 Å². The van der Waals surface area contributed by atoms with Gasteiger partial charge >= 0.3 is 0 Å². The maximum absolute atomic E-state index is 13.7. The molecule has 0 aromatic heterocycles. The number of hydrogen-bond donors (Lipinski definition) is 1. The van der Waals surface area contributed by atoms with Crippen molar-refractivity contribution in [3.8, 4) is 0 Å². The number of carbonyl (C=O) groups is 1. The zero-order valence-electron chi connectivity index (χ0n) is 20.2. The van der Waals surface area contributed by atoms with E-state index in [0.717, 1.165) is 35.6 Å². The molecule has 0 atom stereocenters. The Balaban J connectivity index is 1.46. The Labute approximate surface area is 215 Å². The summed E-state index contributed by atoms with van der Waals surface area (Å²) < 4.78 is 77.8. The third kappa shape index (κ3) is 5.04. The lowest BCUT2D eigenvalue weighted by molar-refractivity contribution is -0.0412. The smallest absolute Gasteiger partial charge is 0.258 e. The number of piperidine rings is 1. The van der Waals surface area contributed by atoms with Crippen LogP contribution < -0.4 is 10.0 Å². The number of benzene rings is 2. The minimum atomic E-state index is -4.04. The number of amides is 1. The number of hydrogen-bond acceptors (Lipinski definition) is 5. The molecule has 1 spiro atoms. The lowest BCUT2D eigenvalue weighted by Gasteiger charge is -2.31. The van der Waals surface area contributed by atoms with Gasteiger partial charge in [0, 0.05) is 49.1 Å². The summed E-state index contributed by atoms with van der Waals surface area (Å²) in [6.07, 6.45) is 2.62. The number of nitrogens with two attached hydrogens (primary N) is 1. The number of rotatable bonds is 5. The highest BCUT2D eigenvalue weighted by Crippen LogP contribution is 2.51. The number of fused-ring (bicyclic) bond motifs is 2. The number of sulfonamides is 2. The van der Waals surface area contributed by atoms with E-state index in [1.807, 2.05) is 6.07 Å². The number of nitrogens with zero attached hydrogens (tertiary/aromatic N) is 2. The molecule has 3 aliphatic rings. The maximum Gasteiger partial charge on any atom is 0.258 e. The normalized spacial score (nSPS) is 21.3. The molecule has 1 amide bonds. The van der Waals surface area contributed by atoms with Crippen molar-refractivity contribution < 1.29 is 30.4 Å². The number of anilines is 1. The molecule has 37 heavy (non-hydrogen) atoms. The largest absolute Gasteiger partial charge is 0.307 e. The zero-order chi connectivity index (χ0) is 26.6. The van der Waals surface area contributed by atoms with E-state index in [0.29, 0.717) is 17.8 Å². The van der Waals surface area contributed by atoms with E-state index in [1.54, 1.807) is 23.1 Å². The SMILES string of the molecule is NS(=O)(=O)Cc1ccc2c(c1)C1(CCCC1)CN2C(=O)c1cccc(S(=O)(=O)N2CCC(F)(F)CC2)c1. The number of primary sulfonamides is 1. The van der Waals surface area contributed by atoms with Crippen LogP contribution in [0.3, 0.4) is 0 Å². The molecule has 2 N–H and O–H groups in total. The fraction of sp³-hybridized carbons (Fsp3) is 0.480. The standard InChI is InChI=1S/C25H29F2N3O5S2/c26-25(27)10-12-29(13-11-25)37(34,35)20-5-3-4-19(15-20)23(31)30-17-24(8-1-2-9-24)21-14-18(6-7-22(21)30)16-36(28,32)33/h3-7,14-15H,1-2,8-13,16-17H2,(H2,28,32,33). The van der Waals surface area contributed by atoms with Gasteiger partial charge in [-0.1, -0.05) is 31.0 Å². The molecule has 0 bridgehead atoms. The summed E-state index contributed by atoms with van der Waals surface area (Å²) in [5, 5.41) is 5.24. The minimum Gasteiger partial charge on any atom is -0.307 e. The van der Waals surface area contributed by atoms with Crippen molar-refractivity contribution in [1.29, 1.82) is 0 Å². The molecule has 2 aliphatic heterocycles. The van der Waals surface area contributed by atoms with Crippen LogP contribution in [0.4, 0.5) is 14.5 Å². The maximum atomic E-state index is 13.7. The van der Waals surface area contributed by atoms with Gasteiger partial charge in [-0.3, -0.25) is 4.79 Å². The van der Waals surface area contributed by atoms with Gasteiger partial charge in [-0.2, -0.15) is 4.31 Å². The van der Waals surface area contributed by atoms with Gasteiger partial charge in [-0.05, 0) is 48.2 Å². The molecule has 2 heterocycles. The van der Waals surface area contributed by atoms with Crippen LogP contribution in [0.1, 0.15) is 60.0 Å². The van der Waals surface area contributed by atoms with Crippen LogP contribution in [-0.4, -0.2) is 52.6 Å². The van der Waals surface area contributed by atoms with Crippen LogP contribution in [-0.2, 0) is 31.2 Å². The first-order valence-corrected chi connectivity index (χ1v) is 15.4. The first-order chi connectivity index (χ1) is 17.3. The van der Waals surface area contributed by atoms with E-state index in [2.05, 4.69) is 0 Å². The lowest BCUT2D eigenvalue weighted by atomic mass is 9.80. The van der Waals surface area contributed by atoms with Crippen molar-refractivity contribution in [2.75, 3.05) is 24.5 Å². The van der Waals surface area contributed by atoms with Gasteiger partial charge in [-0.25, -0.2) is 30.8 Å². The molecule has 2 fully saturated rings. The molecule has 200 valence electrons. The van der Waals surface area contributed by atoms with E-state index < -0.39 is 38.8 Å². The van der Waals surface area contributed by atoms with Gasteiger partial charge in [0.25, 0.3) is 11.8 Å². The van der Waals surface area contributed by atoms with Crippen molar-refractivity contribution in [2.45, 2.75) is 60.5 Å². The molecule has 1 saturated heterocycles. The van der Waals surface area contributed by atoms with Gasteiger partial charge in [0.2, 0.25) is 20.0 Å². The fourth-order valence-electron chi connectivity index (χ4n) is 5.85. The second-order valence-corrected chi connectivity index (χ2v) is 13.9. The summed E-state index contributed by atoms with van der Waals surface area (Å²) in [6.45, 7) is -0.148. The molecule has 0 unspecified atom stereocenters. The van der Waals surface area contributed by atoms with Gasteiger partial charge in [-0.15, -0.1) is 0 Å². The Kier molecular flexibility index (Phi) is 6.45. The minimum absolute atomic E-state index is 0.109. The van der Waals surface area contributed by atoms with E-state index in [4.69, 9.17) is 5.14 Å². The van der Waals surface area contributed by atoms with Crippen molar-refractivity contribution in [1.82, 2.24) is 4.31 Å². The van der Waals surface area contributed by atoms with Gasteiger partial charge in [0.05, 0.1) is 10.6 Å². The molecule has 1 aliphatic carbocycles. The monoisotopic (exact) mass is 553 g/mol. The van der Waals surface area contributed by atoms with Crippen LogP contribution in [0.2, 0.25) is 0 Å². The predicted octanol–water partition coefficient (Wildman–Crippen LogP) is 3.37. The van der Waals surface area contributed by atoms with Crippen molar-refractivity contribution in [3.63, 3.8) is 0 Å². The molecule has 2 aromatic carbocycles. The summed E-state index contributed by atoms with van der Waals surface area (Å²) in [4.78, 5) is 15.2. The Morgan fingerprint density at radius 1 is 0.946 bits per heavy atom. The Bertz CT molecular complexity index is 1440. The van der Waals surface area contributed by atoms with E-state index >= 15 is 0 Å². The number of halogens is 2. The van der Waals surface area contributed by atoms with Crippen molar-refractivity contribution in [2.24, 2.45) is 5.14 Å². The van der Waals surface area contributed by atoms with Crippen LogP contribution in [0.15, 0.2) is 47.4 Å². The quantitative estimate of drug-likeness (QED) is 0.609. The molecule has 12 heteroatoms. The Morgan fingerprint density at radius 3 is 2.27 bits per heavy atom. The highest BCUT2D eigenvalue weighted by Gasteiger charge is 2.46. The molecule has 2 aromatic rings. The molecule has 5 rings (SSSR count). The molecular weight excluding hydrogens is 524 g/mol. The second-order valence-electron chi connectivity index (χ2n) is 10.3. The van der Waals surface area contributed by atoms with E-state index in [1.165, 1.54) is 18.2 Å². The highest BCUT2D eigenvalue weighted by molar-refractivity contribution is 7.89. The summed E-state index contributed by atoms with van der Waals surface area (Å²) in [5.74, 6) is -3.55. The molecule has 1 saturated carbocycles. The third-order valence-electron chi connectivity index (χ3n) is 7.73. The predicted molar refractivity (Wildman–Crippen MR) is 134 cm³/mol. The van der Waals surface area contributed by atoms with Crippen LogP contribution in [0, 0.1) is 0 Å². The first kappa shape index (κ1) is 26.2. The summed E-state index contributed by atoms with van der Waals surface area (Å²) in [6, 6.07) is 10.9. The summed E-state index contributed by atoms with van der Waals surface area (Å²) >= 11 is 0. The van der Waals surface area contributed by atoms with Crippen molar-refractivity contribution in [3.05, 3.63) is 59.2 Å². The van der Waals surface area contributed by atoms with Crippen LogP contribution in [0.5, 0.6) is 0 Å². The van der Waals surface area contributed by atoms with Gasteiger partial charge in [0.15, 0.2) is 0 Å². The number of alkyl halides is 2. The Morgan fingerprint density at radius 2 is 1.62 bits per heavy atom. The molecule has 0 radical (unpaired) electrons. The Hall–Kier alpha value is -2.41. The van der Waals surface area contributed by atoms with Crippen LogP contribution >= 0.6 is 0 Å². The van der Waals surface area contributed by atoms with Gasteiger partial charge in [0.1, 0.15) is 0 Å².